The Kier molecular flexibility index (Phi) is 10.2. The summed E-state index contributed by atoms with van der Waals surface area (Å²) in [6.45, 7) is 2.41. The lowest BCUT2D eigenvalue weighted by Gasteiger charge is -2.32. The summed E-state index contributed by atoms with van der Waals surface area (Å²) < 4.78 is 69.9. The minimum atomic E-state index is -4.43. The highest BCUT2D eigenvalue weighted by Gasteiger charge is 2.30. The van der Waals surface area contributed by atoms with Crippen LogP contribution in [0.25, 0.3) is 10.9 Å². The average molecular weight is 594 g/mol. The van der Waals surface area contributed by atoms with Crippen LogP contribution in [0.3, 0.4) is 0 Å². The van der Waals surface area contributed by atoms with Crippen LogP contribution in [0.4, 0.5) is 24.5 Å². The van der Waals surface area contributed by atoms with E-state index in [1.54, 1.807) is 18.2 Å². The highest BCUT2D eigenvalue weighted by molar-refractivity contribution is 7.89. The summed E-state index contributed by atoms with van der Waals surface area (Å²) in [5.74, 6) is 5.74. The number of primary sulfonamides is 1. The Bertz CT molecular complexity index is 1470. The molecular formula is C28H34F3N5O4S. The van der Waals surface area contributed by atoms with E-state index in [1.807, 2.05) is 6.07 Å². The number of rotatable bonds is 11. The molecule has 2 aromatic carbocycles. The summed E-state index contributed by atoms with van der Waals surface area (Å²) in [7, 11) is -3.80. The van der Waals surface area contributed by atoms with Gasteiger partial charge in [-0.1, -0.05) is 12.0 Å². The maximum Gasteiger partial charge on any atom is 0.406 e. The van der Waals surface area contributed by atoms with Gasteiger partial charge in [-0.3, -0.25) is 0 Å². The second-order valence-corrected chi connectivity index (χ2v) is 11.4. The summed E-state index contributed by atoms with van der Waals surface area (Å²) in [6.07, 6.45) is -2.66. The summed E-state index contributed by atoms with van der Waals surface area (Å²) in [4.78, 5) is 2.27. The van der Waals surface area contributed by atoms with Crippen molar-refractivity contribution in [3.05, 3.63) is 54.2 Å². The minimum absolute atomic E-state index is 0.00624. The third-order valence-corrected chi connectivity index (χ3v) is 7.73. The van der Waals surface area contributed by atoms with E-state index in [9.17, 15) is 21.6 Å². The summed E-state index contributed by atoms with van der Waals surface area (Å²) in [5, 5.41) is 21.1. The van der Waals surface area contributed by atoms with E-state index in [1.165, 1.54) is 28.8 Å². The molecule has 1 saturated heterocycles. The predicted molar refractivity (Wildman–Crippen MR) is 152 cm³/mol. The van der Waals surface area contributed by atoms with Gasteiger partial charge in [0.15, 0.2) is 0 Å². The van der Waals surface area contributed by atoms with Crippen LogP contribution in [0.5, 0.6) is 0 Å². The van der Waals surface area contributed by atoms with E-state index < -0.39 is 22.7 Å². The second-order valence-electron chi connectivity index (χ2n) is 9.79. The van der Waals surface area contributed by atoms with E-state index in [4.69, 9.17) is 15.0 Å². The van der Waals surface area contributed by atoms with Crippen molar-refractivity contribution < 1.29 is 31.4 Å². The molecule has 0 spiro atoms. The number of aliphatic hydroxyl groups excluding tert-OH is 1. The van der Waals surface area contributed by atoms with Gasteiger partial charge < -0.3 is 29.9 Å². The average Bonchev–Trinajstić information content (AvgIpc) is 3.26. The predicted octanol–water partition coefficient (Wildman–Crippen LogP) is 3.20. The highest BCUT2D eigenvalue weighted by Crippen LogP contribution is 2.31. The number of likely N-dealkylation sites (tertiary alicyclic amines) is 1. The molecule has 0 saturated carbocycles. The van der Waals surface area contributed by atoms with Crippen LogP contribution in [-0.2, 0) is 21.3 Å². The lowest BCUT2D eigenvalue weighted by Crippen LogP contribution is -2.40. The van der Waals surface area contributed by atoms with E-state index >= 15 is 0 Å². The number of hydrogen-bond donors (Lipinski definition) is 4. The highest BCUT2D eigenvalue weighted by atomic mass is 32.2. The molecule has 0 bridgehead atoms. The van der Waals surface area contributed by atoms with Crippen LogP contribution in [0.1, 0.15) is 18.5 Å². The largest absolute Gasteiger partial charge is 0.406 e. The van der Waals surface area contributed by atoms with Gasteiger partial charge in [-0.15, -0.1) is 0 Å². The van der Waals surface area contributed by atoms with Gasteiger partial charge in [-0.2, -0.15) is 13.2 Å². The second kappa shape index (κ2) is 13.6. The number of benzene rings is 2. The van der Waals surface area contributed by atoms with Gasteiger partial charge in [0.2, 0.25) is 10.0 Å². The van der Waals surface area contributed by atoms with Crippen LogP contribution in [0.15, 0.2) is 53.4 Å². The fraction of sp³-hybridized carbons (Fsp3) is 0.429. The van der Waals surface area contributed by atoms with Crippen molar-refractivity contribution in [1.29, 1.82) is 0 Å². The normalized spacial score (nSPS) is 15.0. The molecule has 1 fully saturated rings. The molecule has 0 radical (unpaired) electrons. The molecule has 0 atom stereocenters. The number of nitrogens with one attached hydrogen (secondary N) is 2. The van der Waals surface area contributed by atoms with E-state index in [0.29, 0.717) is 29.8 Å². The third-order valence-electron chi connectivity index (χ3n) is 6.80. The third kappa shape index (κ3) is 8.85. The van der Waals surface area contributed by atoms with Crippen LogP contribution >= 0.6 is 0 Å². The number of aromatic nitrogens is 1. The Balaban J connectivity index is 1.46. The molecule has 0 unspecified atom stereocenters. The van der Waals surface area contributed by atoms with Crippen molar-refractivity contribution in [2.24, 2.45) is 5.14 Å². The zero-order valence-electron chi connectivity index (χ0n) is 22.5. The molecule has 1 aliphatic rings. The van der Waals surface area contributed by atoms with Gasteiger partial charge in [0.25, 0.3) is 0 Å². The van der Waals surface area contributed by atoms with Gasteiger partial charge in [-0.05, 0) is 61.2 Å². The fourth-order valence-electron chi connectivity index (χ4n) is 4.79. The number of halogens is 3. The van der Waals surface area contributed by atoms with Gasteiger partial charge in [0.1, 0.15) is 6.54 Å². The van der Waals surface area contributed by atoms with Crippen molar-refractivity contribution in [2.75, 3.05) is 56.6 Å². The van der Waals surface area contributed by atoms with Crippen molar-refractivity contribution in [2.45, 2.75) is 36.5 Å². The standard InChI is InChI=1S/C28H34F3N5O4S/c29-28(30,31)20-36-23(3-2-12-33-21-6-8-24(9-7-21)41(32,38)39)19-25-26(4-1-5-27(25)36)34-22-10-13-35(14-11-22)15-17-40-18-16-37/h1,4-9,19,22,33-34,37H,10-18,20H2,(H2,32,38,39). The first kappa shape index (κ1) is 30.7. The molecule has 9 nitrogen and oxygen atoms in total. The zero-order valence-corrected chi connectivity index (χ0v) is 23.3. The lowest BCUT2D eigenvalue weighted by molar-refractivity contribution is -0.140. The Morgan fingerprint density at radius 2 is 1.83 bits per heavy atom. The van der Waals surface area contributed by atoms with E-state index in [2.05, 4.69) is 27.4 Å². The lowest BCUT2D eigenvalue weighted by atomic mass is 10.0. The van der Waals surface area contributed by atoms with Gasteiger partial charge in [-0.25, -0.2) is 13.6 Å². The number of aliphatic hydroxyl groups is 1. The van der Waals surface area contributed by atoms with Gasteiger partial charge in [0.05, 0.1) is 42.5 Å². The van der Waals surface area contributed by atoms with Crippen LogP contribution in [0.2, 0.25) is 0 Å². The molecule has 1 aliphatic heterocycles. The number of alkyl halides is 3. The van der Waals surface area contributed by atoms with E-state index in [0.717, 1.165) is 38.2 Å². The SMILES string of the molecule is NS(=O)(=O)c1ccc(NCC#Cc2cc3c(NC4CCN(CCOCCO)CC4)cccc3n2CC(F)(F)F)cc1. The molecule has 4 rings (SSSR count). The molecule has 3 aromatic rings. The van der Waals surface area contributed by atoms with E-state index in [-0.39, 0.29) is 29.8 Å². The van der Waals surface area contributed by atoms with Gasteiger partial charge in [0, 0.05) is 42.4 Å². The Labute approximate surface area is 237 Å². The zero-order chi connectivity index (χ0) is 29.5. The molecule has 5 N–H and O–H groups in total. The van der Waals surface area contributed by atoms with Crippen molar-refractivity contribution >= 4 is 32.3 Å². The number of piperidine rings is 1. The Morgan fingerprint density at radius 3 is 2.49 bits per heavy atom. The number of ether oxygens (including phenoxy) is 1. The summed E-state index contributed by atoms with van der Waals surface area (Å²) >= 11 is 0. The number of anilines is 2. The van der Waals surface area contributed by atoms with Crippen molar-refractivity contribution in [1.82, 2.24) is 9.47 Å². The number of nitrogens with zero attached hydrogens (tertiary/aromatic N) is 2. The molecule has 41 heavy (non-hydrogen) atoms. The first-order valence-corrected chi connectivity index (χ1v) is 14.8. The first-order chi connectivity index (χ1) is 19.5. The smallest absolute Gasteiger partial charge is 0.394 e. The number of nitrogens with two attached hydrogens (primary N) is 1. The number of fused-ring (bicyclic) bond motifs is 1. The topological polar surface area (TPSA) is 122 Å². The molecule has 0 aliphatic carbocycles. The van der Waals surface area contributed by atoms with Crippen LogP contribution < -0.4 is 15.8 Å². The number of hydrogen-bond acceptors (Lipinski definition) is 7. The molecule has 13 heteroatoms. The molecule has 2 heterocycles. The number of sulfonamides is 1. The van der Waals surface area contributed by atoms with Crippen LogP contribution in [0, 0.1) is 11.8 Å². The Hall–Kier alpha value is -3.28. The maximum absolute atomic E-state index is 13.5. The van der Waals surface area contributed by atoms with Crippen molar-refractivity contribution in [3.63, 3.8) is 0 Å². The van der Waals surface area contributed by atoms with Crippen LogP contribution in [-0.4, -0.2) is 81.2 Å². The molecule has 222 valence electrons. The summed E-state index contributed by atoms with van der Waals surface area (Å²) in [6, 6.07) is 12.9. The molecular weight excluding hydrogens is 559 g/mol. The minimum Gasteiger partial charge on any atom is -0.394 e. The molecule has 0 amide bonds. The Morgan fingerprint density at radius 1 is 1.10 bits per heavy atom. The summed E-state index contributed by atoms with van der Waals surface area (Å²) in [5.41, 5.74) is 2.05. The first-order valence-electron chi connectivity index (χ1n) is 13.3. The quantitative estimate of drug-likeness (QED) is 0.199. The maximum atomic E-state index is 13.5. The fourth-order valence-corrected chi connectivity index (χ4v) is 5.30. The monoisotopic (exact) mass is 593 g/mol. The van der Waals surface area contributed by atoms with Gasteiger partial charge >= 0.3 is 6.18 Å². The molecule has 1 aromatic heterocycles. The van der Waals surface area contributed by atoms with Crippen molar-refractivity contribution in [3.8, 4) is 11.8 Å².